The summed E-state index contributed by atoms with van der Waals surface area (Å²) >= 11 is 0. The third-order valence-corrected chi connectivity index (χ3v) is 6.92. The number of hydrogen-bond acceptors (Lipinski definition) is 5. The van der Waals surface area contributed by atoms with Gasteiger partial charge in [0.05, 0.1) is 18.1 Å². The maximum Gasteiger partial charge on any atom is 0.222 e. The standard InChI is InChI=1S/C18H35N5O3S/c1-4-19-18(22-15-6-10-23(11-7-15)14(2)3)20-9-5-17(24)21-16-8-12-27(25,26)13-16/h14-16H,4-13H2,1-3H3,(H,21,24)(H2,19,20,22). The second-order valence-corrected chi connectivity index (χ2v) is 9.96. The first kappa shape index (κ1) is 21.9. The van der Waals surface area contributed by atoms with E-state index in [4.69, 9.17) is 0 Å². The summed E-state index contributed by atoms with van der Waals surface area (Å²) in [5, 5.41) is 9.51. The van der Waals surface area contributed by atoms with Crippen LogP contribution in [0.5, 0.6) is 0 Å². The fraction of sp³-hybridized carbons (Fsp3) is 0.889. The molecule has 8 nitrogen and oxygen atoms in total. The molecule has 2 saturated heterocycles. The Kier molecular flexibility index (Phi) is 8.34. The summed E-state index contributed by atoms with van der Waals surface area (Å²) in [5.74, 6) is 0.834. The number of carbonyl (C=O) groups is 1. The Labute approximate surface area is 163 Å². The molecular formula is C18H35N5O3S. The number of hydrogen-bond donors (Lipinski definition) is 3. The molecule has 0 aromatic rings. The summed E-state index contributed by atoms with van der Waals surface area (Å²) in [5.41, 5.74) is 0. The lowest BCUT2D eigenvalue weighted by Gasteiger charge is -2.35. The molecule has 0 aromatic carbocycles. The van der Waals surface area contributed by atoms with Crippen molar-refractivity contribution in [1.82, 2.24) is 20.9 Å². The Morgan fingerprint density at radius 2 is 1.85 bits per heavy atom. The predicted octanol–water partition coefficient (Wildman–Crippen LogP) is 0.108. The molecule has 2 heterocycles. The van der Waals surface area contributed by atoms with Crippen LogP contribution in [0.3, 0.4) is 0 Å². The van der Waals surface area contributed by atoms with E-state index in [1.54, 1.807) is 0 Å². The van der Waals surface area contributed by atoms with E-state index >= 15 is 0 Å². The predicted molar refractivity (Wildman–Crippen MR) is 109 cm³/mol. The number of carbonyl (C=O) groups excluding carboxylic acids is 1. The topological polar surface area (TPSA) is 103 Å². The highest BCUT2D eigenvalue weighted by molar-refractivity contribution is 7.91. The van der Waals surface area contributed by atoms with Crippen molar-refractivity contribution in [2.24, 2.45) is 4.99 Å². The van der Waals surface area contributed by atoms with Crippen LogP contribution in [0.1, 0.15) is 46.5 Å². The van der Waals surface area contributed by atoms with Crippen LogP contribution in [0.2, 0.25) is 0 Å². The molecule has 1 atom stereocenters. The van der Waals surface area contributed by atoms with Crippen molar-refractivity contribution in [3.63, 3.8) is 0 Å². The minimum Gasteiger partial charge on any atom is -0.357 e. The maximum atomic E-state index is 12.0. The number of rotatable bonds is 7. The minimum absolute atomic E-state index is 0.0568. The molecule has 27 heavy (non-hydrogen) atoms. The lowest BCUT2D eigenvalue weighted by atomic mass is 10.0. The van der Waals surface area contributed by atoms with Crippen LogP contribution < -0.4 is 16.0 Å². The van der Waals surface area contributed by atoms with Crippen molar-refractivity contribution in [1.29, 1.82) is 0 Å². The number of aliphatic imine (C=N–C) groups is 1. The molecule has 1 unspecified atom stereocenters. The zero-order valence-electron chi connectivity index (χ0n) is 16.8. The minimum atomic E-state index is -2.97. The van der Waals surface area contributed by atoms with Gasteiger partial charge in [-0.05, 0) is 40.0 Å². The molecule has 2 aliphatic rings. The largest absolute Gasteiger partial charge is 0.357 e. The average Bonchev–Trinajstić information content (AvgIpc) is 2.94. The Morgan fingerprint density at radius 1 is 1.15 bits per heavy atom. The van der Waals surface area contributed by atoms with Crippen LogP contribution in [-0.2, 0) is 14.6 Å². The zero-order chi connectivity index (χ0) is 19.9. The smallest absolute Gasteiger partial charge is 0.222 e. The normalized spacial score (nSPS) is 24.1. The van der Waals surface area contributed by atoms with E-state index in [0.717, 1.165) is 38.4 Å². The first-order chi connectivity index (χ1) is 12.8. The van der Waals surface area contributed by atoms with Gasteiger partial charge in [-0.2, -0.15) is 0 Å². The SMILES string of the molecule is CCNC(=NCCC(=O)NC1CCS(=O)(=O)C1)NC1CCN(C(C)C)CC1. The van der Waals surface area contributed by atoms with E-state index in [0.29, 0.717) is 25.0 Å². The van der Waals surface area contributed by atoms with Crippen molar-refractivity contribution in [2.75, 3.05) is 37.7 Å². The van der Waals surface area contributed by atoms with Crippen LogP contribution in [0.25, 0.3) is 0 Å². The second-order valence-electron chi connectivity index (χ2n) is 7.73. The molecule has 2 rings (SSSR count). The summed E-state index contributed by atoms with van der Waals surface area (Å²) in [4.78, 5) is 19.0. The number of guanidine groups is 1. The van der Waals surface area contributed by atoms with Gasteiger partial charge in [-0.1, -0.05) is 0 Å². The highest BCUT2D eigenvalue weighted by Crippen LogP contribution is 2.13. The van der Waals surface area contributed by atoms with Gasteiger partial charge in [0, 0.05) is 44.2 Å². The Balaban J connectivity index is 1.74. The van der Waals surface area contributed by atoms with E-state index in [-0.39, 0.29) is 29.9 Å². The van der Waals surface area contributed by atoms with Crippen molar-refractivity contribution in [2.45, 2.75) is 64.6 Å². The van der Waals surface area contributed by atoms with Gasteiger partial charge in [-0.25, -0.2) is 8.42 Å². The third-order valence-electron chi connectivity index (χ3n) is 5.15. The summed E-state index contributed by atoms with van der Waals surface area (Å²) in [6, 6.07) is 0.737. The van der Waals surface area contributed by atoms with Gasteiger partial charge in [0.25, 0.3) is 0 Å². The molecule has 0 aromatic heterocycles. The molecule has 2 aliphatic heterocycles. The van der Waals surface area contributed by atoms with Crippen LogP contribution >= 0.6 is 0 Å². The van der Waals surface area contributed by atoms with Crippen molar-refractivity contribution in [3.05, 3.63) is 0 Å². The molecular weight excluding hydrogens is 366 g/mol. The fourth-order valence-corrected chi connectivity index (χ4v) is 5.22. The molecule has 0 aliphatic carbocycles. The molecule has 0 bridgehead atoms. The maximum absolute atomic E-state index is 12.0. The van der Waals surface area contributed by atoms with E-state index in [1.165, 1.54) is 0 Å². The van der Waals surface area contributed by atoms with Gasteiger partial charge in [0.1, 0.15) is 0 Å². The number of sulfone groups is 1. The lowest BCUT2D eigenvalue weighted by molar-refractivity contribution is -0.121. The Bertz CT molecular complexity index is 612. The molecule has 2 fully saturated rings. The number of likely N-dealkylation sites (tertiary alicyclic amines) is 1. The molecule has 156 valence electrons. The Morgan fingerprint density at radius 3 is 2.41 bits per heavy atom. The highest BCUT2D eigenvalue weighted by Gasteiger charge is 2.28. The monoisotopic (exact) mass is 401 g/mol. The molecule has 1 amide bonds. The summed E-state index contributed by atoms with van der Waals surface area (Å²) < 4.78 is 22.9. The van der Waals surface area contributed by atoms with Gasteiger partial charge in [-0.15, -0.1) is 0 Å². The van der Waals surface area contributed by atoms with Crippen LogP contribution in [0.15, 0.2) is 4.99 Å². The van der Waals surface area contributed by atoms with Crippen molar-refractivity contribution < 1.29 is 13.2 Å². The first-order valence-electron chi connectivity index (χ1n) is 10.1. The van der Waals surface area contributed by atoms with Crippen LogP contribution in [0, 0.1) is 0 Å². The third kappa shape index (κ3) is 7.65. The Hall–Kier alpha value is -1.35. The quantitative estimate of drug-likeness (QED) is 0.413. The van der Waals surface area contributed by atoms with Crippen molar-refractivity contribution in [3.8, 4) is 0 Å². The molecule has 3 N–H and O–H groups in total. The molecule has 0 spiro atoms. The van der Waals surface area contributed by atoms with Crippen molar-refractivity contribution >= 4 is 21.7 Å². The number of nitrogens with zero attached hydrogens (tertiary/aromatic N) is 2. The van der Waals surface area contributed by atoms with Crippen LogP contribution in [-0.4, -0.2) is 81.0 Å². The van der Waals surface area contributed by atoms with E-state index < -0.39 is 9.84 Å². The summed E-state index contributed by atoms with van der Waals surface area (Å²) in [6.07, 6.45) is 2.94. The fourth-order valence-electron chi connectivity index (χ4n) is 3.55. The van der Waals surface area contributed by atoms with Gasteiger partial charge in [-0.3, -0.25) is 9.79 Å². The zero-order valence-corrected chi connectivity index (χ0v) is 17.6. The average molecular weight is 402 g/mol. The lowest BCUT2D eigenvalue weighted by Crippen LogP contribution is -2.50. The van der Waals surface area contributed by atoms with Gasteiger partial charge in [0.2, 0.25) is 5.91 Å². The first-order valence-corrected chi connectivity index (χ1v) is 11.9. The molecule has 9 heteroatoms. The number of nitrogens with one attached hydrogen (secondary N) is 3. The van der Waals surface area contributed by atoms with Gasteiger partial charge >= 0.3 is 0 Å². The van der Waals surface area contributed by atoms with E-state index in [9.17, 15) is 13.2 Å². The number of amides is 1. The summed E-state index contributed by atoms with van der Waals surface area (Å²) in [7, 11) is -2.97. The van der Waals surface area contributed by atoms with Gasteiger partial charge < -0.3 is 20.9 Å². The van der Waals surface area contributed by atoms with E-state index in [1.807, 2.05) is 6.92 Å². The molecule has 0 saturated carbocycles. The number of piperidine rings is 1. The highest BCUT2D eigenvalue weighted by atomic mass is 32.2. The van der Waals surface area contributed by atoms with Crippen LogP contribution in [0.4, 0.5) is 0 Å². The summed E-state index contributed by atoms with van der Waals surface area (Å²) in [6.45, 7) is 9.79. The van der Waals surface area contributed by atoms with Gasteiger partial charge in [0.15, 0.2) is 15.8 Å². The molecule has 0 radical (unpaired) electrons. The second kappa shape index (κ2) is 10.3. The van der Waals surface area contributed by atoms with E-state index in [2.05, 4.69) is 39.7 Å².